The molecule has 90 valence electrons. The fraction of sp³-hybridized carbons (Fsp3) is 0.333. The zero-order valence-electron chi connectivity index (χ0n) is 9.25. The lowest BCUT2D eigenvalue weighted by Crippen LogP contribution is -2.27. The Bertz CT molecular complexity index is 504. The number of anilines is 1. The van der Waals surface area contributed by atoms with Crippen LogP contribution in [0.4, 0.5) is 5.69 Å². The van der Waals surface area contributed by atoms with Gasteiger partial charge >= 0.3 is 0 Å². The van der Waals surface area contributed by atoms with Gasteiger partial charge < -0.3 is 15.6 Å². The molecule has 8 heteroatoms. The zero-order valence-corrected chi connectivity index (χ0v) is 9.25. The summed E-state index contributed by atoms with van der Waals surface area (Å²) in [6, 6.07) is 0. The Morgan fingerprint density at radius 1 is 1.65 bits per heavy atom. The quantitative estimate of drug-likeness (QED) is 0.730. The normalized spacial score (nSPS) is 10.4. The molecule has 1 amide bonds. The van der Waals surface area contributed by atoms with Gasteiger partial charge in [-0.1, -0.05) is 5.16 Å². The molecule has 0 bridgehead atoms. The molecule has 0 saturated heterocycles. The summed E-state index contributed by atoms with van der Waals surface area (Å²) >= 11 is 0. The summed E-state index contributed by atoms with van der Waals surface area (Å²) in [6.45, 7) is 0.386. The van der Waals surface area contributed by atoms with Crippen molar-refractivity contribution < 1.29 is 9.32 Å². The predicted molar refractivity (Wildman–Crippen MR) is 58.0 cm³/mol. The van der Waals surface area contributed by atoms with Gasteiger partial charge in [-0.05, 0) is 0 Å². The number of aryl methyl sites for hydroxylation is 1. The Balaban J connectivity index is 1.87. The Kier molecular flexibility index (Phi) is 3.03. The number of rotatable bonds is 4. The highest BCUT2D eigenvalue weighted by Crippen LogP contribution is 2.07. The van der Waals surface area contributed by atoms with E-state index in [4.69, 9.17) is 10.3 Å². The zero-order chi connectivity index (χ0) is 12.3. The van der Waals surface area contributed by atoms with Crippen molar-refractivity contribution in [3.05, 3.63) is 24.1 Å². The third-order valence-corrected chi connectivity index (χ3v) is 2.10. The highest BCUT2D eigenvalue weighted by Gasteiger charge is 2.13. The molecule has 0 aliphatic heterocycles. The summed E-state index contributed by atoms with van der Waals surface area (Å²) in [4.78, 5) is 15.5. The van der Waals surface area contributed by atoms with Crippen LogP contribution in [0.15, 0.2) is 17.0 Å². The minimum Gasteiger partial charge on any atom is -0.396 e. The first-order valence-electron chi connectivity index (χ1n) is 4.99. The predicted octanol–water partition coefficient (Wildman–Crippen LogP) is -0.642. The maximum absolute atomic E-state index is 11.7. The Hall–Kier alpha value is -2.38. The van der Waals surface area contributed by atoms with Crippen LogP contribution in [0.3, 0.4) is 0 Å². The van der Waals surface area contributed by atoms with Crippen molar-refractivity contribution in [2.75, 3.05) is 12.3 Å². The molecule has 17 heavy (non-hydrogen) atoms. The molecule has 2 aromatic rings. The maximum atomic E-state index is 11.7. The number of nitrogens with one attached hydrogen (secondary N) is 1. The van der Waals surface area contributed by atoms with E-state index in [0.717, 1.165) is 0 Å². The fourth-order valence-corrected chi connectivity index (χ4v) is 1.36. The lowest BCUT2D eigenvalue weighted by Gasteiger charge is -2.00. The van der Waals surface area contributed by atoms with Gasteiger partial charge in [0.15, 0.2) is 12.0 Å². The molecule has 0 unspecified atom stereocenters. The molecule has 0 saturated carbocycles. The number of nitrogens with two attached hydrogens (primary N) is 1. The van der Waals surface area contributed by atoms with E-state index in [1.165, 1.54) is 11.0 Å². The monoisotopic (exact) mass is 236 g/mol. The van der Waals surface area contributed by atoms with E-state index < -0.39 is 0 Å². The molecule has 8 nitrogen and oxygen atoms in total. The fourth-order valence-electron chi connectivity index (χ4n) is 1.36. The van der Waals surface area contributed by atoms with Crippen molar-refractivity contribution in [2.45, 2.75) is 6.42 Å². The van der Waals surface area contributed by atoms with Crippen molar-refractivity contribution in [1.82, 2.24) is 25.2 Å². The number of hydrogen-bond acceptors (Lipinski definition) is 6. The first kappa shape index (κ1) is 11.1. The second-order valence-corrected chi connectivity index (χ2v) is 3.45. The van der Waals surface area contributed by atoms with Crippen molar-refractivity contribution >= 4 is 11.6 Å². The van der Waals surface area contributed by atoms with Gasteiger partial charge in [0.2, 0.25) is 5.89 Å². The summed E-state index contributed by atoms with van der Waals surface area (Å²) in [6.07, 6.45) is 3.36. The van der Waals surface area contributed by atoms with E-state index in [1.54, 1.807) is 13.2 Å². The van der Waals surface area contributed by atoms with Crippen LogP contribution in [-0.4, -0.2) is 32.4 Å². The minimum absolute atomic E-state index is 0.220. The molecule has 2 aromatic heterocycles. The topological polar surface area (TPSA) is 112 Å². The van der Waals surface area contributed by atoms with Gasteiger partial charge in [-0.25, -0.2) is 0 Å². The average molecular weight is 236 g/mol. The van der Waals surface area contributed by atoms with Crippen LogP contribution in [0.5, 0.6) is 0 Å². The largest absolute Gasteiger partial charge is 0.396 e. The molecule has 2 heterocycles. The van der Waals surface area contributed by atoms with Crippen LogP contribution in [0.1, 0.15) is 16.4 Å². The second kappa shape index (κ2) is 4.64. The average Bonchev–Trinajstić information content (AvgIpc) is 2.88. The summed E-state index contributed by atoms with van der Waals surface area (Å²) in [5.74, 6) is 0.155. The maximum Gasteiger partial charge on any atom is 0.273 e. The van der Waals surface area contributed by atoms with Crippen molar-refractivity contribution in [2.24, 2.45) is 7.05 Å². The highest BCUT2D eigenvalue weighted by molar-refractivity contribution is 5.96. The molecular formula is C9H12N6O2. The first-order valence-corrected chi connectivity index (χ1v) is 4.99. The molecule has 0 aliphatic rings. The number of hydrogen-bond donors (Lipinski definition) is 2. The van der Waals surface area contributed by atoms with Crippen LogP contribution in [0, 0.1) is 0 Å². The smallest absolute Gasteiger partial charge is 0.273 e. The van der Waals surface area contributed by atoms with E-state index >= 15 is 0 Å². The summed E-state index contributed by atoms with van der Waals surface area (Å²) < 4.78 is 6.28. The number of aromatic nitrogens is 4. The molecule has 2 rings (SSSR count). The SMILES string of the molecule is Cn1cc(N)c(C(=O)NCCc2ncno2)n1. The van der Waals surface area contributed by atoms with Crippen molar-refractivity contribution in [3.8, 4) is 0 Å². The van der Waals surface area contributed by atoms with Crippen LogP contribution >= 0.6 is 0 Å². The molecule has 0 radical (unpaired) electrons. The third-order valence-electron chi connectivity index (χ3n) is 2.10. The van der Waals surface area contributed by atoms with Gasteiger partial charge in [0.05, 0.1) is 5.69 Å². The van der Waals surface area contributed by atoms with Gasteiger partial charge in [-0.2, -0.15) is 10.1 Å². The Morgan fingerprint density at radius 2 is 2.47 bits per heavy atom. The summed E-state index contributed by atoms with van der Waals surface area (Å²) in [7, 11) is 1.70. The van der Waals surface area contributed by atoms with Gasteiger partial charge in [-0.3, -0.25) is 9.48 Å². The number of amides is 1. The Labute approximate surface area is 96.8 Å². The van der Waals surface area contributed by atoms with Crippen LogP contribution in [-0.2, 0) is 13.5 Å². The van der Waals surface area contributed by atoms with Gasteiger partial charge in [0, 0.05) is 26.2 Å². The van der Waals surface area contributed by atoms with E-state index in [9.17, 15) is 4.79 Å². The van der Waals surface area contributed by atoms with Crippen molar-refractivity contribution in [3.63, 3.8) is 0 Å². The standard InChI is InChI=1S/C9H12N6O2/c1-15-4-6(10)8(14-15)9(16)11-3-2-7-12-5-13-17-7/h4-5H,2-3,10H2,1H3,(H,11,16). The molecule has 0 atom stereocenters. The molecule has 3 N–H and O–H groups in total. The third kappa shape index (κ3) is 2.60. The molecule has 0 fully saturated rings. The molecule has 0 spiro atoms. The van der Waals surface area contributed by atoms with E-state index in [0.29, 0.717) is 24.5 Å². The van der Waals surface area contributed by atoms with Gasteiger partial charge in [-0.15, -0.1) is 0 Å². The van der Waals surface area contributed by atoms with Crippen LogP contribution < -0.4 is 11.1 Å². The van der Waals surface area contributed by atoms with Crippen LogP contribution in [0.25, 0.3) is 0 Å². The number of nitrogens with zero attached hydrogens (tertiary/aromatic N) is 4. The highest BCUT2D eigenvalue weighted by atomic mass is 16.5. The summed E-state index contributed by atoms with van der Waals surface area (Å²) in [5.41, 5.74) is 6.19. The number of carbonyl (C=O) groups is 1. The molecule has 0 aromatic carbocycles. The number of nitrogen functional groups attached to an aromatic ring is 1. The summed E-state index contributed by atoms with van der Waals surface area (Å²) in [5, 5.41) is 10.1. The van der Waals surface area contributed by atoms with Gasteiger partial charge in [0.1, 0.15) is 0 Å². The van der Waals surface area contributed by atoms with Gasteiger partial charge in [0.25, 0.3) is 5.91 Å². The lowest BCUT2D eigenvalue weighted by molar-refractivity contribution is 0.0948. The van der Waals surface area contributed by atoms with E-state index in [-0.39, 0.29) is 11.6 Å². The Morgan fingerprint density at radius 3 is 3.06 bits per heavy atom. The van der Waals surface area contributed by atoms with Crippen molar-refractivity contribution in [1.29, 1.82) is 0 Å². The first-order chi connectivity index (χ1) is 8.16. The molecule has 0 aliphatic carbocycles. The minimum atomic E-state index is -0.317. The van der Waals surface area contributed by atoms with E-state index in [2.05, 4.69) is 20.6 Å². The lowest BCUT2D eigenvalue weighted by atomic mass is 10.3. The van der Waals surface area contributed by atoms with Crippen LogP contribution in [0.2, 0.25) is 0 Å². The molecular weight excluding hydrogens is 224 g/mol. The second-order valence-electron chi connectivity index (χ2n) is 3.45. The number of carbonyl (C=O) groups excluding carboxylic acids is 1. The van der Waals surface area contributed by atoms with E-state index in [1.807, 2.05) is 0 Å².